The van der Waals surface area contributed by atoms with E-state index >= 15 is 0 Å². The van der Waals surface area contributed by atoms with Crippen LogP contribution in [0.25, 0.3) is 0 Å². The third-order valence-corrected chi connectivity index (χ3v) is 5.42. The number of anilines is 1. The fraction of sp³-hybridized carbons (Fsp3) is 0.524. The van der Waals surface area contributed by atoms with E-state index in [0.717, 1.165) is 55.6 Å². The van der Waals surface area contributed by atoms with E-state index < -0.39 is 0 Å². The number of aryl methyl sites for hydroxylation is 1. The summed E-state index contributed by atoms with van der Waals surface area (Å²) in [6.07, 6.45) is 7.89. The zero-order valence-corrected chi connectivity index (χ0v) is 16.1. The molecule has 5 heteroatoms. The van der Waals surface area contributed by atoms with Gasteiger partial charge in [0.1, 0.15) is 0 Å². The Morgan fingerprint density at radius 1 is 1.12 bits per heavy atom. The smallest absolute Gasteiger partial charge is 0.176 e. The largest absolute Gasteiger partial charge is 0.351 e. The molecule has 0 spiro atoms. The molecule has 0 aliphatic carbocycles. The van der Waals surface area contributed by atoms with E-state index in [1.165, 1.54) is 18.4 Å². The van der Waals surface area contributed by atoms with Crippen molar-refractivity contribution in [2.45, 2.75) is 39.2 Å². The van der Waals surface area contributed by atoms with E-state index in [1.807, 2.05) is 0 Å². The first kappa shape index (κ1) is 17.3. The number of rotatable bonds is 3. The zero-order valence-electron chi connectivity index (χ0n) is 16.1. The molecule has 5 nitrogen and oxygen atoms in total. The Bertz CT molecular complexity index is 756. The first-order valence-corrected chi connectivity index (χ1v) is 9.86. The summed E-state index contributed by atoms with van der Waals surface area (Å²) >= 11 is 0. The Kier molecular flexibility index (Phi) is 4.81. The van der Waals surface area contributed by atoms with E-state index in [2.05, 4.69) is 66.1 Å². The first-order valence-electron chi connectivity index (χ1n) is 9.86. The predicted molar refractivity (Wildman–Crippen MR) is 110 cm³/mol. The van der Waals surface area contributed by atoms with Crippen LogP contribution in [0.1, 0.15) is 32.3 Å². The van der Waals surface area contributed by atoms with Crippen molar-refractivity contribution in [3.8, 4) is 0 Å². The molecule has 1 atom stereocenters. The van der Waals surface area contributed by atoms with Gasteiger partial charge in [-0.2, -0.15) is 0 Å². The second kappa shape index (κ2) is 7.23. The maximum absolute atomic E-state index is 5.10. The van der Waals surface area contributed by atoms with Crippen LogP contribution in [0.2, 0.25) is 0 Å². The molecule has 0 bridgehead atoms. The second-order valence-corrected chi connectivity index (χ2v) is 7.56. The van der Waals surface area contributed by atoms with Crippen molar-refractivity contribution in [1.82, 2.24) is 9.80 Å². The van der Waals surface area contributed by atoms with E-state index in [1.54, 1.807) is 0 Å². The topological polar surface area (TPSA) is 34.4 Å². The van der Waals surface area contributed by atoms with Crippen LogP contribution in [0.3, 0.4) is 0 Å². The number of hydrogen-bond acceptors (Lipinski definition) is 5. The average molecular weight is 351 g/mol. The highest BCUT2D eigenvalue weighted by Gasteiger charge is 2.32. The monoisotopic (exact) mass is 351 g/mol. The quantitative estimate of drug-likeness (QED) is 0.837. The van der Waals surface area contributed by atoms with Gasteiger partial charge in [-0.05, 0) is 50.6 Å². The summed E-state index contributed by atoms with van der Waals surface area (Å²) in [6.45, 7) is 8.52. The summed E-state index contributed by atoms with van der Waals surface area (Å²) in [5, 5.41) is 0. The molecule has 1 aromatic carbocycles. The van der Waals surface area contributed by atoms with Gasteiger partial charge in [0.2, 0.25) is 0 Å². The van der Waals surface area contributed by atoms with Gasteiger partial charge in [0.15, 0.2) is 11.7 Å². The lowest BCUT2D eigenvalue weighted by Crippen LogP contribution is -2.53. The minimum absolute atomic E-state index is 0.198. The molecule has 1 aromatic rings. The normalized spacial score (nSPS) is 22.7. The number of amidine groups is 2. The fourth-order valence-corrected chi connectivity index (χ4v) is 3.73. The van der Waals surface area contributed by atoms with E-state index in [0.29, 0.717) is 0 Å². The molecule has 138 valence electrons. The second-order valence-electron chi connectivity index (χ2n) is 7.56. The number of fused-ring (bicyclic) bond motifs is 3. The molecule has 0 saturated carbocycles. The number of benzene rings is 1. The summed E-state index contributed by atoms with van der Waals surface area (Å²) in [5.74, 6) is 2.04. The number of nitrogens with zero attached hydrogens (tertiary/aromatic N) is 5. The van der Waals surface area contributed by atoms with Gasteiger partial charge in [-0.1, -0.05) is 19.4 Å². The predicted octanol–water partition coefficient (Wildman–Crippen LogP) is 3.44. The van der Waals surface area contributed by atoms with Crippen LogP contribution in [-0.4, -0.2) is 60.7 Å². The van der Waals surface area contributed by atoms with Gasteiger partial charge in [0.05, 0.1) is 17.4 Å². The number of hydrogen-bond donors (Lipinski definition) is 0. The lowest BCUT2D eigenvalue weighted by molar-refractivity contribution is 0.217. The van der Waals surface area contributed by atoms with E-state index in [4.69, 9.17) is 9.98 Å². The standard InChI is InChI=1S/C21H29N5/c1-4-5-6-17-7-8-19-18(15-17)23-20(25-13-11-24(3)12-14-25)21-22-16(2)9-10-26(19)21/h7-10,15-16H,4-6,11-14H2,1-3H3. The molecule has 3 aliphatic heterocycles. The number of piperazine rings is 1. The van der Waals surface area contributed by atoms with Crippen molar-refractivity contribution in [2.24, 2.45) is 9.98 Å². The van der Waals surface area contributed by atoms with Gasteiger partial charge in [-0.3, -0.25) is 9.89 Å². The highest BCUT2D eigenvalue weighted by atomic mass is 15.3. The van der Waals surface area contributed by atoms with E-state index in [9.17, 15) is 0 Å². The van der Waals surface area contributed by atoms with Crippen LogP contribution in [0, 0.1) is 0 Å². The molecule has 0 radical (unpaired) electrons. The fourth-order valence-electron chi connectivity index (χ4n) is 3.73. The van der Waals surface area contributed by atoms with Crippen molar-refractivity contribution >= 4 is 23.0 Å². The van der Waals surface area contributed by atoms with Crippen LogP contribution >= 0.6 is 0 Å². The van der Waals surface area contributed by atoms with Crippen molar-refractivity contribution in [3.63, 3.8) is 0 Å². The molecule has 26 heavy (non-hydrogen) atoms. The Morgan fingerprint density at radius 2 is 1.92 bits per heavy atom. The molecule has 1 unspecified atom stereocenters. The maximum Gasteiger partial charge on any atom is 0.176 e. The SMILES string of the molecule is CCCCc1ccc2c(c1)N=C(N1CCN(C)CC1)C1=NC(C)C=CN12. The Labute approximate surface area is 156 Å². The van der Waals surface area contributed by atoms with Crippen molar-refractivity contribution < 1.29 is 0 Å². The van der Waals surface area contributed by atoms with Gasteiger partial charge < -0.3 is 9.80 Å². The highest BCUT2D eigenvalue weighted by molar-refractivity contribution is 6.47. The van der Waals surface area contributed by atoms with Crippen LogP contribution in [0.15, 0.2) is 40.5 Å². The third-order valence-electron chi connectivity index (χ3n) is 5.42. The van der Waals surface area contributed by atoms with E-state index in [-0.39, 0.29) is 6.04 Å². The van der Waals surface area contributed by atoms with Gasteiger partial charge >= 0.3 is 0 Å². The third kappa shape index (κ3) is 3.28. The number of unbranched alkanes of at least 4 members (excludes halogenated alkanes) is 1. The molecule has 0 aromatic heterocycles. The lowest BCUT2D eigenvalue weighted by atomic mass is 10.0. The highest BCUT2D eigenvalue weighted by Crippen LogP contribution is 2.36. The molecule has 0 N–H and O–H groups in total. The Morgan fingerprint density at radius 3 is 2.69 bits per heavy atom. The molecule has 1 saturated heterocycles. The van der Waals surface area contributed by atoms with Crippen molar-refractivity contribution in [2.75, 3.05) is 38.1 Å². The molecule has 3 aliphatic rings. The summed E-state index contributed by atoms with van der Waals surface area (Å²) in [6, 6.07) is 6.92. The van der Waals surface area contributed by atoms with Crippen LogP contribution in [-0.2, 0) is 6.42 Å². The van der Waals surface area contributed by atoms with Crippen LogP contribution < -0.4 is 4.90 Å². The van der Waals surface area contributed by atoms with Crippen LogP contribution in [0.4, 0.5) is 11.4 Å². The molecular weight excluding hydrogens is 322 g/mol. The Hall–Kier alpha value is -2.14. The summed E-state index contributed by atoms with van der Waals surface area (Å²) in [4.78, 5) is 17.0. The number of likely N-dealkylation sites (N-methyl/N-ethyl adjacent to an activating group) is 1. The van der Waals surface area contributed by atoms with Gasteiger partial charge in [0, 0.05) is 32.4 Å². The molecule has 4 rings (SSSR count). The minimum Gasteiger partial charge on any atom is -0.351 e. The van der Waals surface area contributed by atoms with Crippen LogP contribution in [0.5, 0.6) is 0 Å². The minimum atomic E-state index is 0.198. The zero-order chi connectivity index (χ0) is 18.1. The summed E-state index contributed by atoms with van der Waals surface area (Å²) < 4.78 is 0. The Balaban J connectivity index is 1.72. The van der Waals surface area contributed by atoms with Gasteiger partial charge in [-0.25, -0.2) is 4.99 Å². The first-order chi connectivity index (χ1) is 12.7. The van der Waals surface area contributed by atoms with Crippen molar-refractivity contribution in [1.29, 1.82) is 0 Å². The van der Waals surface area contributed by atoms with Crippen molar-refractivity contribution in [3.05, 3.63) is 36.0 Å². The lowest BCUT2D eigenvalue weighted by Gasteiger charge is -2.39. The average Bonchev–Trinajstić information content (AvgIpc) is 2.66. The maximum atomic E-state index is 5.10. The molecular formula is C21H29N5. The molecule has 0 amide bonds. The molecule has 3 heterocycles. The van der Waals surface area contributed by atoms with Gasteiger partial charge in [0.25, 0.3) is 0 Å². The summed E-state index contributed by atoms with van der Waals surface area (Å²) in [5.41, 5.74) is 3.59. The summed E-state index contributed by atoms with van der Waals surface area (Å²) in [7, 11) is 2.19. The number of aliphatic imine (C=N–C) groups is 2. The molecule has 1 fully saturated rings. The van der Waals surface area contributed by atoms with Gasteiger partial charge in [-0.15, -0.1) is 0 Å².